The van der Waals surface area contributed by atoms with Gasteiger partial charge in [0.15, 0.2) is 0 Å². The third-order valence-electron chi connectivity index (χ3n) is 2.41. The molecule has 3 N–H and O–H groups in total. The molecule has 6 heteroatoms. The van der Waals surface area contributed by atoms with Crippen molar-refractivity contribution in [3.05, 3.63) is 40.3 Å². The summed E-state index contributed by atoms with van der Waals surface area (Å²) < 4.78 is 5.13. The van der Waals surface area contributed by atoms with Crippen molar-refractivity contribution in [2.75, 3.05) is 12.8 Å². The summed E-state index contributed by atoms with van der Waals surface area (Å²) in [5.74, 6) is 0.218. The first kappa shape index (κ1) is 12.4. The van der Waals surface area contributed by atoms with Crippen LogP contribution in [0.1, 0.15) is 15.2 Å². The number of ether oxygens (including phenoxy) is 1. The Morgan fingerprint density at radius 1 is 1.56 bits per heavy atom. The van der Waals surface area contributed by atoms with Gasteiger partial charge in [0, 0.05) is 16.8 Å². The minimum absolute atomic E-state index is 0.252. The molecular formula is C12H13N3O2S. The minimum Gasteiger partial charge on any atom is -0.496 e. The van der Waals surface area contributed by atoms with Crippen LogP contribution < -0.4 is 15.8 Å². The highest BCUT2D eigenvalue weighted by Crippen LogP contribution is 2.23. The first-order valence-corrected chi connectivity index (χ1v) is 6.18. The Hall–Kier alpha value is -2.08. The van der Waals surface area contributed by atoms with Crippen molar-refractivity contribution in [1.82, 2.24) is 10.3 Å². The molecule has 0 saturated heterocycles. The van der Waals surface area contributed by atoms with E-state index in [9.17, 15) is 4.79 Å². The molecule has 0 unspecified atom stereocenters. The van der Waals surface area contributed by atoms with Crippen LogP contribution in [0.3, 0.4) is 0 Å². The molecule has 94 valence electrons. The Morgan fingerprint density at radius 3 is 3.06 bits per heavy atom. The SMILES string of the molecule is COc1cccc(N)c1C(=O)NCc1cncs1. The quantitative estimate of drug-likeness (QED) is 0.822. The molecule has 2 aromatic rings. The zero-order valence-corrected chi connectivity index (χ0v) is 10.7. The molecule has 0 atom stereocenters. The van der Waals surface area contributed by atoms with Gasteiger partial charge in [-0.1, -0.05) is 6.07 Å². The molecule has 2 rings (SSSR count). The summed E-state index contributed by atoms with van der Waals surface area (Å²) in [4.78, 5) is 17.0. The predicted molar refractivity (Wildman–Crippen MR) is 70.7 cm³/mol. The van der Waals surface area contributed by atoms with E-state index >= 15 is 0 Å². The van der Waals surface area contributed by atoms with Gasteiger partial charge in [0.05, 0.1) is 19.2 Å². The Bertz CT molecular complexity index is 540. The average Bonchev–Trinajstić information content (AvgIpc) is 2.88. The van der Waals surface area contributed by atoms with Gasteiger partial charge in [-0.3, -0.25) is 9.78 Å². The number of carbonyl (C=O) groups is 1. The first-order valence-electron chi connectivity index (χ1n) is 5.30. The van der Waals surface area contributed by atoms with Crippen LogP contribution in [0.4, 0.5) is 5.69 Å². The summed E-state index contributed by atoms with van der Waals surface area (Å²) >= 11 is 1.49. The maximum Gasteiger partial charge on any atom is 0.257 e. The molecule has 1 heterocycles. The summed E-state index contributed by atoms with van der Waals surface area (Å²) in [5, 5.41) is 2.79. The number of methoxy groups -OCH3 is 1. The molecule has 0 bridgehead atoms. The normalized spacial score (nSPS) is 10.1. The van der Waals surface area contributed by atoms with E-state index < -0.39 is 0 Å². The van der Waals surface area contributed by atoms with Crippen LogP contribution in [0, 0.1) is 0 Å². The maximum atomic E-state index is 12.1. The van der Waals surface area contributed by atoms with Crippen molar-refractivity contribution in [2.45, 2.75) is 6.54 Å². The van der Waals surface area contributed by atoms with E-state index in [1.54, 1.807) is 29.9 Å². The zero-order chi connectivity index (χ0) is 13.0. The van der Waals surface area contributed by atoms with E-state index in [0.29, 0.717) is 23.5 Å². The molecule has 1 aromatic heterocycles. The molecule has 1 aromatic carbocycles. The Balaban J connectivity index is 2.13. The number of rotatable bonds is 4. The van der Waals surface area contributed by atoms with E-state index in [2.05, 4.69) is 10.3 Å². The number of hydrogen-bond acceptors (Lipinski definition) is 5. The fourth-order valence-corrected chi connectivity index (χ4v) is 2.08. The molecule has 5 nitrogen and oxygen atoms in total. The van der Waals surface area contributed by atoms with Crippen molar-refractivity contribution in [3.8, 4) is 5.75 Å². The van der Waals surface area contributed by atoms with Crippen LogP contribution >= 0.6 is 11.3 Å². The van der Waals surface area contributed by atoms with Crippen molar-refractivity contribution < 1.29 is 9.53 Å². The number of anilines is 1. The monoisotopic (exact) mass is 263 g/mol. The van der Waals surface area contributed by atoms with E-state index in [-0.39, 0.29) is 5.91 Å². The van der Waals surface area contributed by atoms with E-state index in [1.165, 1.54) is 18.4 Å². The van der Waals surface area contributed by atoms with Gasteiger partial charge >= 0.3 is 0 Å². The number of nitrogen functional groups attached to an aromatic ring is 1. The summed E-state index contributed by atoms with van der Waals surface area (Å²) in [6.07, 6.45) is 1.72. The number of thiazole rings is 1. The molecule has 0 spiro atoms. The van der Waals surface area contributed by atoms with Gasteiger partial charge in [0.25, 0.3) is 5.91 Å². The van der Waals surface area contributed by atoms with Crippen molar-refractivity contribution >= 4 is 22.9 Å². The van der Waals surface area contributed by atoms with Crippen LogP contribution in [-0.4, -0.2) is 18.0 Å². The van der Waals surface area contributed by atoms with Gasteiger partial charge in [-0.05, 0) is 12.1 Å². The first-order chi connectivity index (χ1) is 8.72. The van der Waals surface area contributed by atoms with Crippen molar-refractivity contribution in [1.29, 1.82) is 0 Å². The molecule has 0 aliphatic carbocycles. The Kier molecular flexibility index (Phi) is 3.78. The second-order valence-corrected chi connectivity index (χ2v) is 4.55. The molecule has 18 heavy (non-hydrogen) atoms. The third-order valence-corrected chi connectivity index (χ3v) is 3.19. The number of nitrogens with two attached hydrogens (primary N) is 1. The number of aromatic nitrogens is 1. The number of amides is 1. The van der Waals surface area contributed by atoms with E-state index in [0.717, 1.165) is 4.88 Å². The van der Waals surface area contributed by atoms with Crippen LogP contribution in [0.2, 0.25) is 0 Å². The lowest BCUT2D eigenvalue weighted by atomic mass is 10.1. The Labute approximate surface area is 109 Å². The molecular weight excluding hydrogens is 250 g/mol. The zero-order valence-electron chi connectivity index (χ0n) is 9.84. The predicted octanol–water partition coefficient (Wildman–Crippen LogP) is 1.66. The summed E-state index contributed by atoms with van der Waals surface area (Å²) in [6.45, 7) is 0.432. The maximum absolute atomic E-state index is 12.1. The van der Waals surface area contributed by atoms with Crippen LogP contribution in [0.5, 0.6) is 5.75 Å². The third kappa shape index (κ3) is 2.60. The highest BCUT2D eigenvalue weighted by atomic mass is 32.1. The van der Waals surface area contributed by atoms with E-state index in [1.807, 2.05) is 0 Å². The Morgan fingerprint density at radius 2 is 2.39 bits per heavy atom. The van der Waals surface area contributed by atoms with Gasteiger partial charge in [0.1, 0.15) is 11.3 Å². The number of carbonyl (C=O) groups excluding carboxylic acids is 1. The smallest absolute Gasteiger partial charge is 0.257 e. The lowest BCUT2D eigenvalue weighted by molar-refractivity contribution is 0.0949. The largest absolute Gasteiger partial charge is 0.496 e. The molecule has 0 fully saturated rings. The molecule has 0 saturated carbocycles. The molecule has 0 radical (unpaired) electrons. The number of hydrogen-bond donors (Lipinski definition) is 2. The topological polar surface area (TPSA) is 77.2 Å². The van der Waals surface area contributed by atoms with Gasteiger partial charge < -0.3 is 15.8 Å². The van der Waals surface area contributed by atoms with Crippen LogP contribution in [0.25, 0.3) is 0 Å². The standard InChI is InChI=1S/C12H13N3O2S/c1-17-10-4-2-3-9(13)11(10)12(16)15-6-8-5-14-7-18-8/h2-5,7H,6,13H2,1H3,(H,15,16). The van der Waals surface area contributed by atoms with Crippen LogP contribution in [-0.2, 0) is 6.54 Å². The fourth-order valence-electron chi connectivity index (χ4n) is 1.55. The van der Waals surface area contributed by atoms with Crippen LogP contribution in [0.15, 0.2) is 29.9 Å². The lowest BCUT2D eigenvalue weighted by Crippen LogP contribution is -2.24. The highest BCUT2D eigenvalue weighted by molar-refractivity contribution is 7.09. The second-order valence-electron chi connectivity index (χ2n) is 3.57. The fraction of sp³-hybridized carbons (Fsp3) is 0.167. The highest BCUT2D eigenvalue weighted by Gasteiger charge is 2.15. The summed E-state index contributed by atoms with van der Waals surface area (Å²) in [7, 11) is 1.51. The van der Waals surface area contributed by atoms with Gasteiger partial charge in [-0.15, -0.1) is 11.3 Å². The van der Waals surface area contributed by atoms with Gasteiger partial charge in [-0.25, -0.2) is 0 Å². The molecule has 0 aliphatic heterocycles. The number of nitrogens with zero attached hydrogens (tertiary/aromatic N) is 1. The van der Waals surface area contributed by atoms with Gasteiger partial charge in [0.2, 0.25) is 0 Å². The number of benzene rings is 1. The lowest BCUT2D eigenvalue weighted by Gasteiger charge is -2.10. The molecule has 1 amide bonds. The number of nitrogens with one attached hydrogen (secondary N) is 1. The van der Waals surface area contributed by atoms with E-state index in [4.69, 9.17) is 10.5 Å². The summed E-state index contributed by atoms with van der Waals surface area (Å²) in [5.41, 5.74) is 8.28. The molecule has 0 aliphatic rings. The summed E-state index contributed by atoms with van der Waals surface area (Å²) in [6, 6.07) is 5.12. The minimum atomic E-state index is -0.252. The van der Waals surface area contributed by atoms with Crippen molar-refractivity contribution in [3.63, 3.8) is 0 Å². The second kappa shape index (κ2) is 5.50. The van der Waals surface area contributed by atoms with Crippen molar-refractivity contribution in [2.24, 2.45) is 0 Å². The average molecular weight is 263 g/mol. The van der Waals surface area contributed by atoms with Gasteiger partial charge in [-0.2, -0.15) is 0 Å².